The first-order valence-corrected chi connectivity index (χ1v) is 11.3. The van der Waals surface area contributed by atoms with E-state index in [4.69, 9.17) is 0 Å². The van der Waals surface area contributed by atoms with E-state index in [2.05, 4.69) is 5.32 Å². The van der Waals surface area contributed by atoms with Crippen LogP contribution >= 0.6 is 0 Å². The average Bonchev–Trinajstić information content (AvgIpc) is 3.03. The minimum Gasteiger partial charge on any atom is -0.356 e. The van der Waals surface area contributed by atoms with Crippen molar-refractivity contribution >= 4 is 27.5 Å². The van der Waals surface area contributed by atoms with Gasteiger partial charge in [-0.3, -0.25) is 9.59 Å². The highest BCUT2D eigenvalue weighted by Gasteiger charge is 2.30. The second-order valence-electron chi connectivity index (χ2n) is 7.26. The van der Waals surface area contributed by atoms with Gasteiger partial charge in [0.05, 0.1) is 6.26 Å². The molecule has 27 heavy (non-hydrogen) atoms. The van der Waals surface area contributed by atoms with E-state index in [1.807, 2.05) is 29.2 Å². The van der Waals surface area contributed by atoms with Crippen LogP contribution < -0.4 is 10.2 Å². The summed E-state index contributed by atoms with van der Waals surface area (Å²) < 4.78 is 25.2. The van der Waals surface area contributed by atoms with Gasteiger partial charge in [0.15, 0.2) is 0 Å². The highest BCUT2D eigenvalue weighted by Crippen LogP contribution is 2.30. The summed E-state index contributed by atoms with van der Waals surface area (Å²) in [6.07, 6.45) is 3.95. The number of anilines is 1. The lowest BCUT2D eigenvalue weighted by atomic mass is 9.97. The van der Waals surface area contributed by atoms with Crippen molar-refractivity contribution in [3.63, 3.8) is 0 Å². The maximum atomic E-state index is 13.2. The number of hydrogen-bond acceptors (Lipinski definition) is 4. The summed E-state index contributed by atoms with van der Waals surface area (Å²) in [6.45, 7) is 1.63. The number of para-hydroxylation sites is 1. The highest BCUT2D eigenvalue weighted by atomic mass is 32.2. The lowest BCUT2D eigenvalue weighted by molar-refractivity contribution is -0.124. The van der Waals surface area contributed by atoms with Crippen LogP contribution in [0.3, 0.4) is 0 Å². The predicted octanol–water partition coefficient (Wildman–Crippen LogP) is 1.14. The molecular formula is C19H27N3O4S. The van der Waals surface area contributed by atoms with Crippen molar-refractivity contribution in [2.75, 3.05) is 37.3 Å². The third-order valence-electron chi connectivity index (χ3n) is 5.33. The van der Waals surface area contributed by atoms with E-state index in [9.17, 15) is 18.0 Å². The Morgan fingerprint density at radius 1 is 1.11 bits per heavy atom. The Balaban J connectivity index is 1.72. The van der Waals surface area contributed by atoms with Crippen molar-refractivity contribution < 1.29 is 18.0 Å². The molecule has 2 heterocycles. The minimum atomic E-state index is -3.36. The number of carbonyl (C=O) groups is 2. The van der Waals surface area contributed by atoms with Gasteiger partial charge in [-0.2, -0.15) is 0 Å². The van der Waals surface area contributed by atoms with E-state index in [0.29, 0.717) is 38.9 Å². The number of benzene rings is 1. The first kappa shape index (κ1) is 19.8. The molecule has 2 amide bonds. The molecule has 1 aromatic carbocycles. The molecule has 0 aliphatic carbocycles. The monoisotopic (exact) mass is 393 g/mol. The van der Waals surface area contributed by atoms with Crippen LogP contribution in [-0.2, 0) is 26.0 Å². The molecule has 2 aliphatic heterocycles. The predicted molar refractivity (Wildman–Crippen MR) is 104 cm³/mol. The van der Waals surface area contributed by atoms with Crippen LogP contribution in [-0.4, -0.2) is 57.0 Å². The number of carbonyl (C=O) groups excluding carboxylic acids is 2. The van der Waals surface area contributed by atoms with Crippen LogP contribution in [0.4, 0.5) is 5.69 Å². The van der Waals surface area contributed by atoms with Gasteiger partial charge in [0.2, 0.25) is 21.8 Å². The second-order valence-corrected chi connectivity index (χ2v) is 9.24. The van der Waals surface area contributed by atoms with Crippen LogP contribution in [0.1, 0.15) is 31.2 Å². The number of nitrogens with one attached hydrogen (secondary N) is 1. The summed E-state index contributed by atoms with van der Waals surface area (Å²) in [4.78, 5) is 27.0. The van der Waals surface area contributed by atoms with Crippen LogP contribution in [0.15, 0.2) is 24.3 Å². The van der Waals surface area contributed by atoms with E-state index in [1.54, 1.807) is 0 Å². The molecule has 0 radical (unpaired) electrons. The SMILES string of the molecule is CS(=O)(=O)N1CCCC(C(=O)N2CCc3ccccc32)CCNC(=O)CC1. The standard InChI is InChI=1S/C19H27N3O4S/c1-27(25,26)21-12-4-6-16(8-11-20-18(23)10-13-21)19(24)22-14-9-15-5-2-3-7-17(15)22/h2-3,5,7,16H,4,6,8-14H2,1H3,(H,20,23). The summed E-state index contributed by atoms with van der Waals surface area (Å²) in [6, 6.07) is 7.93. The fraction of sp³-hybridized carbons (Fsp3) is 0.579. The van der Waals surface area contributed by atoms with Crippen molar-refractivity contribution in [3.8, 4) is 0 Å². The first-order valence-electron chi connectivity index (χ1n) is 9.47. The molecule has 148 valence electrons. The fourth-order valence-electron chi connectivity index (χ4n) is 3.84. The Bertz CT molecular complexity index is 809. The topological polar surface area (TPSA) is 86.8 Å². The quantitative estimate of drug-likeness (QED) is 0.816. The van der Waals surface area contributed by atoms with E-state index in [1.165, 1.54) is 9.87 Å². The summed E-state index contributed by atoms with van der Waals surface area (Å²) >= 11 is 0. The molecule has 0 bridgehead atoms. The Morgan fingerprint density at radius 2 is 1.89 bits per heavy atom. The average molecular weight is 394 g/mol. The number of fused-ring (bicyclic) bond motifs is 1. The summed E-state index contributed by atoms with van der Waals surface area (Å²) in [7, 11) is -3.36. The lowest BCUT2D eigenvalue weighted by Gasteiger charge is -2.25. The Morgan fingerprint density at radius 3 is 2.67 bits per heavy atom. The van der Waals surface area contributed by atoms with Crippen LogP contribution in [0.5, 0.6) is 0 Å². The molecular weight excluding hydrogens is 366 g/mol. The number of amides is 2. The van der Waals surface area contributed by atoms with Crippen molar-refractivity contribution in [1.82, 2.24) is 9.62 Å². The smallest absolute Gasteiger partial charge is 0.230 e. The molecule has 1 atom stereocenters. The van der Waals surface area contributed by atoms with Gasteiger partial charge >= 0.3 is 0 Å². The zero-order valence-corrected chi connectivity index (χ0v) is 16.5. The molecule has 1 fully saturated rings. The second kappa shape index (κ2) is 8.39. The van der Waals surface area contributed by atoms with Gasteiger partial charge in [0, 0.05) is 44.2 Å². The maximum Gasteiger partial charge on any atom is 0.230 e. The van der Waals surface area contributed by atoms with E-state index in [-0.39, 0.29) is 30.7 Å². The third kappa shape index (κ3) is 4.87. The Kier molecular flexibility index (Phi) is 6.16. The molecule has 1 unspecified atom stereocenters. The molecule has 2 aliphatic rings. The van der Waals surface area contributed by atoms with Gasteiger partial charge in [-0.05, 0) is 37.3 Å². The fourth-order valence-corrected chi connectivity index (χ4v) is 4.72. The Hall–Kier alpha value is -1.93. The molecule has 0 aromatic heterocycles. The summed E-state index contributed by atoms with van der Waals surface area (Å²) in [5, 5.41) is 2.82. The van der Waals surface area contributed by atoms with Gasteiger partial charge in [0.25, 0.3) is 0 Å². The van der Waals surface area contributed by atoms with Gasteiger partial charge in [0.1, 0.15) is 0 Å². The van der Waals surface area contributed by atoms with Gasteiger partial charge < -0.3 is 10.2 Å². The van der Waals surface area contributed by atoms with Crippen LogP contribution in [0.25, 0.3) is 0 Å². The van der Waals surface area contributed by atoms with Gasteiger partial charge in [-0.15, -0.1) is 0 Å². The van der Waals surface area contributed by atoms with Crippen LogP contribution in [0, 0.1) is 5.92 Å². The van der Waals surface area contributed by atoms with Crippen molar-refractivity contribution in [1.29, 1.82) is 0 Å². The van der Waals surface area contributed by atoms with E-state index in [0.717, 1.165) is 18.4 Å². The molecule has 3 rings (SSSR count). The third-order valence-corrected chi connectivity index (χ3v) is 6.64. The largest absolute Gasteiger partial charge is 0.356 e. The van der Waals surface area contributed by atoms with E-state index < -0.39 is 10.0 Å². The van der Waals surface area contributed by atoms with Crippen molar-refractivity contribution in [3.05, 3.63) is 29.8 Å². The van der Waals surface area contributed by atoms with Crippen molar-refractivity contribution in [2.45, 2.75) is 32.1 Å². The molecule has 0 saturated carbocycles. The number of hydrogen-bond donors (Lipinski definition) is 1. The molecule has 8 heteroatoms. The van der Waals surface area contributed by atoms with E-state index >= 15 is 0 Å². The molecule has 0 spiro atoms. The number of rotatable bonds is 2. The minimum absolute atomic E-state index is 0.0688. The van der Waals surface area contributed by atoms with Crippen LogP contribution in [0.2, 0.25) is 0 Å². The van der Waals surface area contributed by atoms with Crippen molar-refractivity contribution in [2.24, 2.45) is 5.92 Å². The molecule has 1 aromatic rings. The molecule has 7 nitrogen and oxygen atoms in total. The maximum absolute atomic E-state index is 13.2. The molecule has 1 saturated heterocycles. The molecule has 1 N–H and O–H groups in total. The van der Waals surface area contributed by atoms with Gasteiger partial charge in [-0.1, -0.05) is 18.2 Å². The lowest BCUT2D eigenvalue weighted by Crippen LogP contribution is -2.37. The first-order chi connectivity index (χ1) is 12.9. The normalized spacial score (nSPS) is 22.6. The number of sulfonamides is 1. The number of nitrogens with zero attached hydrogens (tertiary/aromatic N) is 2. The highest BCUT2D eigenvalue weighted by molar-refractivity contribution is 7.88. The Labute approximate surface area is 160 Å². The van der Waals surface area contributed by atoms with Gasteiger partial charge in [-0.25, -0.2) is 12.7 Å². The zero-order valence-electron chi connectivity index (χ0n) is 15.7. The zero-order chi connectivity index (χ0) is 19.4. The summed E-state index contributed by atoms with van der Waals surface area (Å²) in [5.74, 6) is -0.335. The summed E-state index contributed by atoms with van der Waals surface area (Å²) in [5.41, 5.74) is 2.15.